The number of aromatic nitrogens is 1. The molecule has 1 heterocycles. The molecule has 1 aromatic carbocycles. The summed E-state index contributed by atoms with van der Waals surface area (Å²) in [6.07, 6.45) is 8.65. The van der Waals surface area contributed by atoms with Crippen molar-refractivity contribution in [1.82, 2.24) is 10.3 Å². The highest BCUT2D eigenvalue weighted by Gasteiger charge is 2.44. The third-order valence-corrected chi connectivity index (χ3v) is 6.53. The Morgan fingerprint density at radius 1 is 1.10 bits per heavy atom. The Hall–Kier alpha value is -1.19. The first-order chi connectivity index (χ1) is 10.3. The molecule has 3 heteroatoms. The smallest absolute Gasteiger partial charge is 0.114 e. The number of nitrogens with zero attached hydrogens (tertiary/aromatic N) is 1. The van der Waals surface area contributed by atoms with Crippen molar-refractivity contribution in [3.8, 4) is 0 Å². The first-order valence-corrected chi connectivity index (χ1v) is 8.98. The van der Waals surface area contributed by atoms with E-state index in [0.717, 1.165) is 18.9 Å². The number of thiazole rings is 1. The van der Waals surface area contributed by atoms with Gasteiger partial charge in [0.05, 0.1) is 11.2 Å². The third-order valence-electron chi connectivity index (χ3n) is 5.17. The lowest BCUT2D eigenvalue weighted by atomic mass is 9.96. The van der Waals surface area contributed by atoms with E-state index >= 15 is 0 Å². The Balaban J connectivity index is 1.57. The van der Waals surface area contributed by atoms with Gasteiger partial charge in [0.25, 0.3) is 0 Å². The van der Waals surface area contributed by atoms with Crippen molar-refractivity contribution in [3.63, 3.8) is 0 Å². The second-order valence-electron chi connectivity index (χ2n) is 6.87. The van der Waals surface area contributed by atoms with Gasteiger partial charge in [-0.1, -0.05) is 24.3 Å². The predicted octanol–water partition coefficient (Wildman–Crippen LogP) is 3.38. The molecule has 0 aliphatic heterocycles. The van der Waals surface area contributed by atoms with Crippen LogP contribution in [0.4, 0.5) is 0 Å². The fourth-order valence-corrected chi connectivity index (χ4v) is 5.24. The lowest BCUT2D eigenvalue weighted by Gasteiger charge is -2.28. The number of rotatable bonds is 3. The van der Waals surface area contributed by atoms with E-state index in [-0.39, 0.29) is 5.54 Å². The molecule has 21 heavy (non-hydrogen) atoms. The molecule has 3 aliphatic carbocycles. The van der Waals surface area contributed by atoms with Crippen molar-refractivity contribution >= 4 is 11.3 Å². The van der Waals surface area contributed by atoms with Crippen molar-refractivity contribution in [2.24, 2.45) is 0 Å². The molecule has 0 saturated heterocycles. The third kappa shape index (κ3) is 1.98. The van der Waals surface area contributed by atoms with Crippen molar-refractivity contribution in [2.75, 3.05) is 0 Å². The predicted molar refractivity (Wildman–Crippen MR) is 85.8 cm³/mol. The zero-order chi connectivity index (χ0) is 13.9. The van der Waals surface area contributed by atoms with Gasteiger partial charge in [-0.3, -0.25) is 0 Å². The van der Waals surface area contributed by atoms with E-state index in [2.05, 4.69) is 29.6 Å². The van der Waals surface area contributed by atoms with Crippen LogP contribution in [0.25, 0.3) is 0 Å². The zero-order valence-corrected chi connectivity index (χ0v) is 13.0. The largest absolute Gasteiger partial charge is 0.302 e. The molecule has 2 nitrogen and oxygen atoms in total. The molecule has 1 saturated carbocycles. The minimum absolute atomic E-state index is 0.0832. The van der Waals surface area contributed by atoms with Gasteiger partial charge in [0.1, 0.15) is 5.01 Å². The maximum atomic E-state index is 5.06. The van der Waals surface area contributed by atoms with E-state index in [1.165, 1.54) is 53.9 Å². The lowest BCUT2D eigenvalue weighted by Crippen LogP contribution is -2.44. The van der Waals surface area contributed by atoms with E-state index in [1.807, 2.05) is 11.3 Å². The van der Waals surface area contributed by atoms with Gasteiger partial charge in [0.2, 0.25) is 0 Å². The topological polar surface area (TPSA) is 24.9 Å². The summed E-state index contributed by atoms with van der Waals surface area (Å²) in [5.74, 6) is 0. The number of aryl methyl sites for hydroxylation is 2. The van der Waals surface area contributed by atoms with Gasteiger partial charge in [0.15, 0.2) is 0 Å². The minimum Gasteiger partial charge on any atom is -0.302 e. The molecular weight excluding hydrogens is 276 g/mol. The standard InChI is InChI=1S/C18H20N2S/c1-2-5-13-11-18(10-12(13)4-1,20-14-8-9-14)17-19-15-6-3-7-16(15)21-17/h1-2,4-5,14,20H,3,6-11H2. The van der Waals surface area contributed by atoms with Crippen molar-refractivity contribution < 1.29 is 0 Å². The van der Waals surface area contributed by atoms with Crippen LogP contribution in [-0.4, -0.2) is 11.0 Å². The number of nitrogens with one attached hydrogen (secondary N) is 1. The van der Waals surface area contributed by atoms with Crippen LogP contribution in [-0.2, 0) is 31.2 Å². The molecule has 0 spiro atoms. The molecule has 5 rings (SSSR count). The average Bonchev–Trinajstić information content (AvgIpc) is 2.88. The zero-order valence-electron chi connectivity index (χ0n) is 12.2. The molecule has 0 amide bonds. The molecule has 1 fully saturated rings. The number of hydrogen-bond acceptors (Lipinski definition) is 3. The quantitative estimate of drug-likeness (QED) is 0.939. The summed E-state index contributed by atoms with van der Waals surface area (Å²) in [6, 6.07) is 9.67. The molecule has 0 bridgehead atoms. The van der Waals surface area contributed by atoms with Crippen LogP contribution >= 0.6 is 11.3 Å². The van der Waals surface area contributed by atoms with Gasteiger partial charge in [-0.25, -0.2) is 4.98 Å². The molecule has 108 valence electrons. The molecule has 1 N–H and O–H groups in total. The molecule has 2 aromatic rings. The number of hydrogen-bond donors (Lipinski definition) is 1. The van der Waals surface area contributed by atoms with Crippen LogP contribution in [0.3, 0.4) is 0 Å². The maximum Gasteiger partial charge on any atom is 0.114 e. The van der Waals surface area contributed by atoms with E-state index in [9.17, 15) is 0 Å². The Morgan fingerprint density at radius 2 is 1.86 bits per heavy atom. The first kappa shape index (κ1) is 12.4. The molecule has 1 aromatic heterocycles. The van der Waals surface area contributed by atoms with Crippen LogP contribution in [0.2, 0.25) is 0 Å². The second kappa shape index (κ2) is 4.40. The lowest BCUT2D eigenvalue weighted by molar-refractivity contribution is 0.343. The normalized spacial score (nSPS) is 22.3. The van der Waals surface area contributed by atoms with E-state index in [4.69, 9.17) is 4.98 Å². The monoisotopic (exact) mass is 296 g/mol. The highest BCUT2D eigenvalue weighted by atomic mass is 32.1. The van der Waals surface area contributed by atoms with Crippen LogP contribution in [0.15, 0.2) is 24.3 Å². The van der Waals surface area contributed by atoms with E-state index in [0.29, 0.717) is 0 Å². The molecule has 0 radical (unpaired) electrons. The Morgan fingerprint density at radius 3 is 2.52 bits per heavy atom. The van der Waals surface area contributed by atoms with Crippen molar-refractivity contribution in [1.29, 1.82) is 0 Å². The Kier molecular flexibility index (Phi) is 2.59. The van der Waals surface area contributed by atoms with Gasteiger partial charge in [-0.05, 0) is 56.1 Å². The van der Waals surface area contributed by atoms with Crippen LogP contribution in [0.1, 0.15) is 46.0 Å². The first-order valence-electron chi connectivity index (χ1n) is 8.16. The average molecular weight is 296 g/mol. The summed E-state index contributed by atoms with van der Waals surface area (Å²) >= 11 is 1.98. The summed E-state index contributed by atoms with van der Waals surface area (Å²) in [4.78, 5) is 6.62. The van der Waals surface area contributed by atoms with E-state index < -0.39 is 0 Å². The highest BCUT2D eigenvalue weighted by Crippen LogP contribution is 2.43. The van der Waals surface area contributed by atoms with Gasteiger partial charge in [-0.2, -0.15) is 0 Å². The number of fused-ring (bicyclic) bond motifs is 2. The van der Waals surface area contributed by atoms with Crippen molar-refractivity contribution in [2.45, 2.75) is 56.5 Å². The maximum absolute atomic E-state index is 5.06. The Bertz CT molecular complexity index is 652. The van der Waals surface area contributed by atoms with Crippen LogP contribution < -0.4 is 5.32 Å². The summed E-state index contributed by atoms with van der Waals surface area (Å²) in [5, 5.41) is 5.32. The SMILES string of the molecule is c1ccc2c(c1)CC(NC1CC1)(c1nc3c(s1)CCC3)C2. The fourth-order valence-electron chi connectivity index (χ4n) is 3.94. The van der Waals surface area contributed by atoms with Gasteiger partial charge in [0, 0.05) is 10.9 Å². The Labute approximate surface area is 129 Å². The summed E-state index contributed by atoms with van der Waals surface area (Å²) in [6.45, 7) is 0. The molecule has 0 unspecified atom stereocenters. The van der Waals surface area contributed by atoms with Crippen LogP contribution in [0, 0.1) is 0 Å². The van der Waals surface area contributed by atoms with E-state index in [1.54, 1.807) is 4.88 Å². The summed E-state index contributed by atoms with van der Waals surface area (Å²) in [5.41, 5.74) is 4.50. The fraction of sp³-hybridized carbons (Fsp3) is 0.500. The molecule has 3 aliphatic rings. The molecule has 0 atom stereocenters. The minimum atomic E-state index is 0.0832. The number of benzene rings is 1. The highest BCUT2D eigenvalue weighted by molar-refractivity contribution is 7.12. The van der Waals surface area contributed by atoms with Crippen LogP contribution in [0.5, 0.6) is 0 Å². The van der Waals surface area contributed by atoms with Crippen molar-refractivity contribution in [3.05, 3.63) is 51.0 Å². The van der Waals surface area contributed by atoms with Gasteiger partial charge < -0.3 is 5.32 Å². The van der Waals surface area contributed by atoms with Gasteiger partial charge >= 0.3 is 0 Å². The summed E-state index contributed by atoms with van der Waals surface area (Å²) < 4.78 is 0. The summed E-state index contributed by atoms with van der Waals surface area (Å²) in [7, 11) is 0. The van der Waals surface area contributed by atoms with Gasteiger partial charge in [-0.15, -0.1) is 11.3 Å². The second-order valence-corrected chi connectivity index (χ2v) is 7.95. The molecular formula is C18H20N2S.